The van der Waals surface area contributed by atoms with Gasteiger partial charge in [0.15, 0.2) is 0 Å². The summed E-state index contributed by atoms with van der Waals surface area (Å²) in [5.41, 5.74) is 0.735. The third-order valence-electron chi connectivity index (χ3n) is 2.59. The zero-order chi connectivity index (χ0) is 13.9. The van der Waals surface area contributed by atoms with Gasteiger partial charge in [0.25, 0.3) is 0 Å². The van der Waals surface area contributed by atoms with E-state index < -0.39 is 0 Å². The molecule has 0 N–H and O–H groups in total. The number of aromatic nitrogens is 1. The lowest BCUT2D eigenvalue weighted by Crippen LogP contribution is -2.13. The van der Waals surface area contributed by atoms with Gasteiger partial charge in [-0.05, 0) is 12.1 Å². The number of para-hydroxylation sites is 1. The van der Waals surface area contributed by atoms with Crippen LogP contribution in [0, 0.1) is 11.3 Å². The molecule has 98 valence electrons. The monoisotopic (exact) mass is 272 g/mol. The molecule has 0 saturated heterocycles. The zero-order valence-corrected chi connectivity index (χ0v) is 12.1. The Morgan fingerprint density at radius 2 is 1.95 bits per heavy atom. The maximum Gasteiger partial charge on any atom is 0.140 e. The van der Waals surface area contributed by atoms with Gasteiger partial charge in [0.1, 0.15) is 28.3 Å². The Morgan fingerprint density at radius 3 is 2.47 bits per heavy atom. The van der Waals surface area contributed by atoms with Crippen molar-refractivity contribution in [2.45, 2.75) is 32.8 Å². The molecule has 2 aromatic rings. The molecule has 0 atom stereocenters. The molecule has 0 bridgehead atoms. The van der Waals surface area contributed by atoms with Crippen LogP contribution in [0.3, 0.4) is 0 Å². The second-order valence-corrected chi connectivity index (χ2v) is 6.33. The van der Waals surface area contributed by atoms with Crippen molar-refractivity contribution in [3.05, 3.63) is 45.9 Å². The molecule has 0 saturated carbocycles. The third-order valence-corrected chi connectivity index (χ3v) is 3.52. The molecular weight excluding hydrogens is 256 g/mol. The van der Waals surface area contributed by atoms with Gasteiger partial charge in [-0.25, -0.2) is 4.98 Å². The molecule has 0 radical (unpaired) electrons. The molecule has 0 fully saturated rings. The summed E-state index contributed by atoms with van der Waals surface area (Å²) >= 11 is 1.41. The molecule has 0 spiro atoms. The number of rotatable bonds is 3. The van der Waals surface area contributed by atoms with Crippen molar-refractivity contribution in [2.75, 3.05) is 0 Å². The zero-order valence-electron chi connectivity index (χ0n) is 11.3. The SMILES string of the molecule is CC(C)(C)c1nc(COc2ccccc2)sc1C#N. The largest absolute Gasteiger partial charge is 0.486 e. The molecule has 1 heterocycles. The van der Waals surface area contributed by atoms with E-state index >= 15 is 0 Å². The van der Waals surface area contributed by atoms with E-state index in [-0.39, 0.29) is 5.41 Å². The second-order valence-electron chi connectivity index (χ2n) is 5.25. The molecule has 2 rings (SSSR count). The molecule has 19 heavy (non-hydrogen) atoms. The molecule has 4 heteroatoms. The van der Waals surface area contributed by atoms with Crippen molar-refractivity contribution in [3.8, 4) is 11.8 Å². The molecule has 0 unspecified atom stereocenters. The Balaban J connectivity index is 2.15. The Kier molecular flexibility index (Phi) is 3.87. The molecule has 0 aliphatic rings. The molecule has 0 amide bonds. The number of benzene rings is 1. The van der Waals surface area contributed by atoms with Crippen molar-refractivity contribution in [2.24, 2.45) is 0 Å². The summed E-state index contributed by atoms with van der Waals surface area (Å²) < 4.78 is 5.66. The first-order chi connectivity index (χ1) is 9.00. The third kappa shape index (κ3) is 3.33. The molecule has 1 aromatic heterocycles. The van der Waals surface area contributed by atoms with Gasteiger partial charge >= 0.3 is 0 Å². The molecule has 0 aliphatic heterocycles. The van der Waals surface area contributed by atoms with Crippen LogP contribution in [0.1, 0.15) is 36.3 Å². The van der Waals surface area contributed by atoms with Crippen molar-refractivity contribution in [3.63, 3.8) is 0 Å². The van der Waals surface area contributed by atoms with E-state index in [1.165, 1.54) is 11.3 Å². The van der Waals surface area contributed by atoms with Crippen LogP contribution < -0.4 is 4.74 Å². The smallest absolute Gasteiger partial charge is 0.140 e. The number of thiazole rings is 1. The van der Waals surface area contributed by atoms with Crippen LogP contribution in [0.4, 0.5) is 0 Å². The van der Waals surface area contributed by atoms with Gasteiger partial charge in [-0.1, -0.05) is 39.0 Å². The van der Waals surface area contributed by atoms with Crippen molar-refractivity contribution >= 4 is 11.3 Å². The van der Waals surface area contributed by atoms with Gasteiger partial charge < -0.3 is 4.74 Å². The topological polar surface area (TPSA) is 45.9 Å². The first-order valence-electron chi connectivity index (χ1n) is 6.09. The van der Waals surface area contributed by atoms with Crippen LogP contribution in [0.15, 0.2) is 30.3 Å². The predicted octanol–water partition coefficient (Wildman–Crippen LogP) is 3.89. The Morgan fingerprint density at radius 1 is 1.26 bits per heavy atom. The second kappa shape index (κ2) is 5.41. The van der Waals surface area contributed by atoms with Crippen LogP contribution in [0.5, 0.6) is 5.75 Å². The maximum atomic E-state index is 9.16. The van der Waals surface area contributed by atoms with Gasteiger partial charge in [-0.2, -0.15) is 5.26 Å². The van der Waals surface area contributed by atoms with Crippen molar-refractivity contribution < 1.29 is 4.74 Å². The standard InChI is InChI=1S/C15H16N2OS/c1-15(2,3)14-12(9-16)19-13(17-14)10-18-11-7-5-4-6-8-11/h4-8H,10H2,1-3H3. The normalized spacial score (nSPS) is 11.1. The minimum absolute atomic E-state index is 0.118. The highest BCUT2D eigenvalue weighted by Gasteiger charge is 2.23. The number of hydrogen-bond acceptors (Lipinski definition) is 4. The number of ether oxygens (including phenoxy) is 1. The van der Waals surface area contributed by atoms with E-state index in [2.05, 4.69) is 31.8 Å². The average Bonchev–Trinajstić information content (AvgIpc) is 2.81. The van der Waals surface area contributed by atoms with Crippen LogP contribution in [0.25, 0.3) is 0 Å². The fourth-order valence-electron chi connectivity index (χ4n) is 1.67. The predicted molar refractivity (Wildman–Crippen MR) is 76.3 cm³/mol. The summed E-state index contributed by atoms with van der Waals surface area (Å²) in [5.74, 6) is 0.813. The Hall–Kier alpha value is -1.86. The van der Waals surface area contributed by atoms with Crippen LogP contribution >= 0.6 is 11.3 Å². The summed E-state index contributed by atoms with van der Waals surface area (Å²) in [6.45, 7) is 6.58. The van der Waals surface area contributed by atoms with Crippen molar-refractivity contribution in [1.29, 1.82) is 5.26 Å². The summed E-state index contributed by atoms with van der Waals surface area (Å²) in [6.07, 6.45) is 0. The first kappa shape index (κ1) is 13.6. The average molecular weight is 272 g/mol. The molecule has 3 nitrogen and oxygen atoms in total. The molecule has 0 aliphatic carbocycles. The minimum Gasteiger partial charge on any atom is -0.486 e. The van der Waals surface area contributed by atoms with E-state index in [1.807, 2.05) is 30.3 Å². The van der Waals surface area contributed by atoms with Gasteiger partial charge in [-0.15, -0.1) is 11.3 Å². The van der Waals surface area contributed by atoms with Crippen LogP contribution in [0.2, 0.25) is 0 Å². The fourth-order valence-corrected chi connectivity index (χ4v) is 2.66. The highest BCUT2D eigenvalue weighted by Crippen LogP contribution is 2.29. The summed E-state index contributed by atoms with van der Waals surface area (Å²) in [7, 11) is 0. The lowest BCUT2D eigenvalue weighted by Gasteiger charge is -2.15. The quantitative estimate of drug-likeness (QED) is 0.851. The number of nitrogens with zero attached hydrogens (tertiary/aromatic N) is 2. The van der Waals surface area contributed by atoms with Gasteiger partial charge in [-0.3, -0.25) is 0 Å². The van der Waals surface area contributed by atoms with E-state index in [4.69, 9.17) is 10.00 Å². The summed E-state index contributed by atoms with van der Waals surface area (Å²) in [5, 5.41) is 10.00. The highest BCUT2D eigenvalue weighted by atomic mass is 32.1. The van der Waals surface area contributed by atoms with Crippen LogP contribution in [-0.4, -0.2) is 4.98 Å². The molecule has 1 aromatic carbocycles. The van der Waals surface area contributed by atoms with E-state index in [9.17, 15) is 0 Å². The van der Waals surface area contributed by atoms with Gasteiger partial charge in [0.2, 0.25) is 0 Å². The van der Waals surface area contributed by atoms with Crippen LogP contribution in [-0.2, 0) is 12.0 Å². The van der Waals surface area contributed by atoms with Gasteiger partial charge in [0.05, 0.1) is 5.69 Å². The fraction of sp³-hybridized carbons (Fsp3) is 0.333. The van der Waals surface area contributed by atoms with Gasteiger partial charge in [0, 0.05) is 5.41 Å². The van der Waals surface area contributed by atoms with E-state index in [0.717, 1.165) is 16.5 Å². The Labute approximate surface area is 117 Å². The Bertz CT molecular complexity index is 591. The minimum atomic E-state index is -0.118. The molecular formula is C15H16N2OS. The van der Waals surface area contributed by atoms with Crippen molar-refractivity contribution in [1.82, 2.24) is 4.98 Å². The lowest BCUT2D eigenvalue weighted by molar-refractivity contribution is 0.305. The summed E-state index contributed by atoms with van der Waals surface area (Å²) in [6, 6.07) is 11.8. The summed E-state index contributed by atoms with van der Waals surface area (Å²) in [4.78, 5) is 5.22. The lowest BCUT2D eigenvalue weighted by atomic mass is 9.91. The number of hydrogen-bond donors (Lipinski definition) is 0. The van der Waals surface area contributed by atoms with E-state index in [1.54, 1.807) is 0 Å². The highest BCUT2D eigenvalue weighted by molar-refractivity contribution is 7.12. The first-order valence-corrected chi connectivity index (χ1v) is 6.90. The maximum absolute atomic E-state index is 9.16. The van der Waals surface area contributed by atoms with E-state index in [0.29, 0.717) is 11.5 Å². The number of nitriles is 1.